The van der Waals surface area contributed by atoms with Crippen LogP contribution in [0.4, 0.5) is 4.79 Å². The van der Waals surface area contributed by atoms with Gasteiger partial charge < -0.3 is 10.6 Å². The Morgan fingerprint density at radius 3 is 2.83 bits per heavy atom. The van der Waals surface area contributed by atoms with E-state index in [0.717, 1.165) is 16.3 Å². The Bertz CT molecular complexity index is 695. The third-order valence-electron chi connectivity index (χ3n) is 4.31. The van der Waals surface area contributed by atoms with E-state index in [1.54, 1.807) is 11.3 Å². The van der Waals surface area contributed by atoms with E-state index in [9.17, 15) is 4.79 Å². The molecule has 1 aliphatic carbocycles. The molecular weight excluding hydrogens is 306 g/mol. The highest BCUT2D eigenvalue weighted by Gasteiger charge is 2.14. The minimum atomic E-state index is -0.138. The molecule has 0 bridgehead atoms. The molecule has 1 aromatic heterocycles. The summed E-state index contributed by atoms with van der Waals surface area (Å²) in [6.45, 7) is 4.52. The van der Waals surface area contributed by atoms with Crippen molar-refractivity contribution in [3.8, 4) is 0 Å². The second-order valence-electron chi connectivity index (χ2n) is 6.13. The highest BCUT2D eigenvalue weighted by atomic mass is 32.1. The molecule has 0 spiro atoms. The van der Waals surface area contributed by atoms with Crippen LogP contribution in [0.25, 0.3) is 0 Å². The first-order valence-corrected chi connectivity index (χ1v) is 9.01. The number of urea groups is 1. The van der Waals surface area contributed by atoms with Crippen molar-refractivity contribution < 1.29 is 4.79 Å². The summed E-state index contributed by atoms with van der Waals surface area (Å²) in [5, 5.41) is 6.93. The van der Waals surface area contributed by atoms with Gasteiger partial charge in [-0.2, -0.15) is 0 Å². The maximum Gasteiger partial charge on any atom is 0.315 e. The first kappa shape index (κ1) is 16.0. The van der Waals surface area contributed by atoms with E-state index in [4.69, 9.17) is 0 Å². The number of nitrogens with one attached hydrogen (secondary N) is 2. The van der Waals surface area contributed by atoms with Gasteiger partial charge in [0.05, 0.1) is 17.6 Å². The number of benzene rings is 1. The average Bonchev–Trinajstić information content (AvgIpc) is 2.98. The average molecular weight is 329 g/mol. The molecule has 0 saturated heterocycles. The SMILES string of the molecule is Cc1ncc(CNC(=O)NC(C)c2ccc3c(c2)CCCC3)s1. The maximum atomic E-state index is 12.1. The van der Waals surface area contributed by atoms with Crippen molar-refractivity contribution in [2.24, 2.45) is 0 Å². The van der Waals surface area contributed by atoms with Gasteiger partial charge in [0, 0.05) is 11.1 Å². The monoisotopic (exact) mass is 329 g/mol. The molecule has 1 heterocycles. The number of rotatable bonds is 4. The highest BCUT2D eigenvalue weighted by Crippen LogP contribution is 2.24. The minimum absolute atomic E-state index is 0.00502. The first-order valence-electron chi connectivity index (χ1n) is 8.19. The van der Waals surface area contributed by atoms with Crippen LogP contribution in [0.1, 0.15) is 52.4 Å². The lowest BCUT2D eigenvalue weighted by Crippen LogP contribution is -2.36. The molecule has 0 fully saturated rings. The molecule has 1 aromatic carbocycles. The summed E-state index contributed by atoms with van der Waals surface area (Å²) in [7, 11) is 0. The van der Waals surface area contributed by atoms with Crippen LogP contribution < -0.4 is 10.6 Å². The Morgan fingerprint density at radius 2 is 2.09 bits per heavy atom. The van der Waals surface area contributed by atoms with Gasteiger partial charge in [-0.15, -0.1) is 11.3 Å². The third-order valence-corrected chi connectivity index (χ3v) is 5.23. The fraction of sp³-hybridized carbons (Fsp3) is 0.444. The van der Waals surface area contributed by atoms with Crippen LogP contribution in [-0.4, -0.2) is 11.0 Å². The molecule has 23 heavy (non-hydrogen) atoms. The van der Waals surface area contributed by atoms with Crippen LogP contribution in [0, 0.1) is 6.92 Å². The molecule has 122 valence electrons. The predicted octanol–water partition coefficient (Wildman–Crippen LogP) is 3.89. The lowest BCUT2D eigenvalue weighted by molar-refractivity contribution is 0.237. The van der Waals surface area contributed by atoms with E-state index >= 15 is 0 Å². The quantitative estimate of drug-likeness (QED) is 0.894. The van der Waals surface area contributed by atoms with Crippen molar-refractivity contribution in [2.45, 2.75) is 52.1 Å². The van der Waals surface area contributed by atoms with Crippen molar-refractivity contribution in [2.75, 3.05) is 0 Å². The van der Waals surface area contributed by atoms with Crippen molar-refractivity contribution >= 4 is 17.4 Å². The zero-order valence-corrected chi connectivity index (χ0v) is 14.5. The third kappa shape index (κ3) is 4.10. The molecular formula is C18H23N3OS. The number of thiazole rings is 1. The molecule has 2 amide bonds. The van der Waals surface area contributed by atoms with Gasteiger partial charge in [-0.1, -0.05) is 18.2 Å². The highest BCUT2D eigenvalue weighted by molar-refractivity contribution is 7.11. The van der Waals surface area contributed by atoms with E-state index in [0.29, 0.717) is 6.54 Å². The zero-order chi connectivity index (χ0) is 16.2. The van der Waals surface area contributed by atoms with Crippen molar-refractivity contribution in [3.63, 3.8) is 0 Å². The smallest absolute Gasteiger partial charge is 0.315 e. The number of aromatic nitrogens is 1. The molecule has 1 aliphatic rings. The molecule has 0 aliphatic heterocycles. The number of nitrogens with zero attached hydrogens (tertiary/aromatic N) is 1. The molecule has 0 saturated carbocycles. The van der Waals surface area contributed by atoms with Crippen LogP contribution in [0.3, 0.4) is 0 Å². The van der Waals surface area contributed by atoms with Crippen LogP contribution in [0.2, 0.25) is 0 Å². The van der Waals surface area contributed by atoms with Crippen molar-refractivity contribution in [1.82, 2.24) is 15.6 Å². The molecule has 1 unspecified atom stereocenters. The minimum Gasteiger partial charge on any atom is -0.333 e. The standard InChI is InChI=1S/C18H23N3OS/c1-12(15-8-7-14-5-3-4-6-16(14)9-15)21-18(22)20-11-17-10-19-13(2)23-17/h7-10,12H,3-6,11H2,1-2H3,(H2,20,21,22). The zero-order valence-electron chi connectivity index (χ0n) is 13.7. The Hall–Kier alpha value is -1.88. The predicted molar refractivity (Wildman–Crippen MR) is 93.7 cm³/mol. The number of aryl methyl sites for hydroxylation is 3. The second-order valence-corrected chi connectivity index (χ2v) is 7.45. The van der Waals surface area contributed by atoms with Crippen LogP contribution >= 0.6 is 11.3 Å². The molecule has 2 aromatic rings. The fourth-order valence-corrected chi connectivity index (χ4v) is 3.74. The van der Waals surface area contributed by atoms with E-state index in [1.165, 1.54) is 36.0 Å². The first-order chi connectivity index (χ1) is 11.1. The van der Waals surface area contributed by atoms with Crippen molar-refractivity contribution in [3.05, 3.63) is 51.0 Å². The van der Waals surface area contributed by atoms with Gasteiger partial charge >= 0.3 is 6.03 Å². The number of amides is 2. The Morgan fingerprint density at radius 1 is 1.30 bits per heavy atom. The number of hydrogen-bond acceptors (Lipinski definition) is 3. The topological polar surface area (TPSA) is 54.0 Å². The van der Waals surface area contributed by atoms with E-state index < -0.39 is 0 Å². The largest absolute Gasteiger partial charge is 0.333 e. The Kier molecular flexibility index (Phi) is 4.96. The second kappa shape index (κ2) is 7.13. The summed E-state index contributed by atoms with van der Waals surface area (Å²) in [6.07, 6.45) is 6.72. The van der Waals surface area contributed by atoms with Gasteiger partial charge in [-0.25, -0.2) is 9.78 Å². The number of carbonyl (C=O) groups excluding carboxylic acids is 1. The van der Waals surface area contributed by atoms with Gasteiger partial charge in [0.15, 0.2) is 0 Å². The van der Waals surface area contributed by atoms with Crippen LogP contribution in [-0.2, 0) is 19.4 Å². The summed E-state index contributed by atoms with van der Waals surface area (Å²) in [4.78, 5) is 17.3. The summed E-state index contributed by atoms with van der Waals surface area (Å²) in [5.74, 6) is 0. The van der Waals surface area contributed by atoms with Gasteiger partial charge in [0.25, 0.3) is 0 Å². The van der Waals surface area contributed by atoms with E-state index in [-0.39, 0.29) is 12.1 Å². The molecule has 1 atom stereocenters. The molecule has 5 heteroatoms. The summed E-state index contributed by atoms with van der Waals surface area (Å²) >= 11 is 1.61. The molecule has 2 N–H and O–H groups in total. The molecule has 0 radical (unpaired) electrons. The fourth-order valence-electron chi connectivity index (χ4n) is 3.01. The molecule has 3 rings (SSSR count). The van der Waals surface area contributed by atoms with E-state index in [2.05, 4.69) is 33.8 Å². The molecule has 4 nitrogen and oxygen atoms in total. The maximum absolute atomic E-state index is 12.1. The lowest BCUT2D eigenvalue weighted by Gasteiger charge is -2.20. The lowest BCUT2D eigenvalue weighted by atomic mass is 9.89. The summed E-state index contributed by atoms with van der Waals surface area (Å²) < 4.78 is 0. The Balaban J connectivity index is 1.55. The van der Waals surface area contributed by atoms with E-state index in [1.807, 2.05) is 20.0 Å². The van der Waals surface area contributed by atoms with Gasteiger partial charge in [-0.05, 0) is 56.2 Å². The summed E-state index contributed by atoms with van der Waals surface area (Å²) in [5.41, 5.74) is 4.09. The van der Waals surface area contributed by atoms with Crippen LogP contribution in [0.5, 0.6) is 0 Å². The number of carbonyl (C=O) groups is 1. The van der Waals surface area contributed by atoms with Gasteiger partial charge in [0.2, 0.25) is 0 Å². The Labute approximate surface area is 141 Å². The van der Waals surface area contributed by atoms with Crippen molar-refractivity contribution in [1.29, 1.82) is 0 Å². The van der Waals surface area contributed by atoms with Crippen LogP contribution in [0.15, 0.2) is 24.4 Å². The number of hydrogen-bond donors (Lipinski definition) is 2. The van der Waals surface area contributed by atoms with Gasteiger partial charge in [-0.3, -0.25) is 0 Å². The normalized spacial score (nSPS) is 14.9. The number of fused-ring (bicyclic) bond motifs is 1. The van der Waals surface area contributed by atoms with Gasteiger partial charge in [0.1, 0.15) is 0 Å². The summed E-state index contributed by atoms with van der Waals surface area (Å²) in [6, 6.07) is 6.49.